The Labute approximate surface area is 125 Å². The van der Waals surface area contributed by atoms with E-state index in [4.69, 9.17) is 0 Å². The van der Waals surface area contributed by atoms with Crippen LogP contribution in [-0.2, 0) is 6.42 Å². The van der Waals surface area contributed by atoms with Gasteiger partial charge in [-0.25, -0.2) is 0 Å². The number of rotatable bonds is 5. The number of benzene rings is 2. The molecule has 0 aliphatic heterocycles. The first kappa shape index (κ1) is 13.7. The van der Waals surface area contributed by atoms with Crippen LogP contribution in [0.2, 0.25) is 0 Å². The smallest absolute Gasteiger partial charge is 0.0334 e. The van der Waals surface area contributed by atoms with Crippen LogP contribution in [-0.4, -0.2) is 13.3 Å². The van der Waals surface area contributed by atoms with Crippen molar-refractivity contribution in [2.45, 2.75) is 29.7 Å². The Balaban J connectivity index is 1.79. The number of nitrogens with one attached hydrogen (secondary N) is 1. The molecule has 1 nitrogen and oxygen atoms in total. The van der Waals surface area contributed by atoms with Gasteiger partial charge in [0.15, 0.2) is 0 Å². The van der Waals surface area contributed by atoms with Crippen molar-refractivity contribution >= 4 is 11.8 Å². The fourth-order valence-corrected chi connectivity index (χ4v) is 3.87. The zero-order valence-electron chi connectivity index (χ0n) is 12.1. The molecule has 2 aromatic rings. The Hall–Kier alpha value is -1.25. The predicted octanol–water partition coefficient (Wildman–Crippen LogP) is 4.40. The van der Waals surface area contributed by atoms with Crippen molar-refractivity contribution in [2.24, 2.45) is 0 Å². The molecular formula is C18H21NS. The predicted molar refractivity (Wildman–Crippen MR) is 87.5 cm³/mol. The molecular weight excluding hydrogens is 262 g/mol. The quantitative estimate of drug-likeness (QED) is 0.816. The molecule has 1 aliphatic carbocycles. The molecule has 2 unspecified atom stereocenters. The molecule has 0 bridgehead atoms. The Morgan fingerprint density at radius 1 is 1.15 bits per heavy atom. The minimum atomic E-state index is 0.442. The van der Waals surface area contributed by atoms with E-state index in [0.29, 0.717) is 12.0 Å². The van der Waals surface area contributed by atoms with Crippen LogP contribution in [0.3, 0.4) is 0 Å². The van der Waals surface area contributed by atoms with Gasteiger partial charge in [-0.05, 0) is 54.8 Å². The molecule has 104 valence electrons. The first-order chi connectivity index (χ1) is 9.83. The summed E-state index contributed by atoms with van der Waals surface area (Å²) in [6.45, 7) is 0. The van der Waals surface area contributed by atoms with Crippen molar-refractivity contribution < 1.29 is 0 Å². The normalized spacial score (nSPS) is 18.2. The summed E-state index contributed by atoms with van der Waals surface area (Å²) in [5.41, 5.74) is 4.52. The number of hydrogen-bond acceptors (Lipinski definition) is 2. The summed E-state index contributed by atoms with van der Waals surface area (Å²) in [7, 11) is 2.08. The van der Waals surface area contributed by atoms with Crippen LogP contribution in [0.25, 0.3) is 0 Å². The van der Waals surface area contributed by atoms with Gasteiger partial charge in [-0.2, -0.15) is 0 Å². The standard InChI is InChI=1S/C18H21NS/c1-19-17(16-9-5-6-10-18(16)20-2)12-14-11-13-7-3-4-8-15(13)14/h3-10,14,17,19H,11-12H2,1-2H3. The summed E-state index contributed by atoms with van der Waals surface area (Å²) in [5.74, 6) is 0.707. The van der Waals surface area contributed by atoms with Gasteiger partial charge in [0, 0.05) is 10.9 Å². The van der Waals surface area contributed by atoms with Crippen LogP contribution in [0.15, 0.2) is 53.4 Å². The van der Waals surface area contributed by atoms with E-state index in [9.17, 15) is 0 Å². The average Bonchev–Trinajstić information content (AvgIpc) is 2.49. The molecule has 2 atom stereocenters. The minimum Gasteiger partial charge on any atom is -0.313 e. The van der Waals surface area contributed by atoms with E-state index >= 15 is 0 Å². The maximum Gasteiger partial charge on any atom is 0.0334 e. The van der Waals surface area contributed by atoms with E-state index in [1.807, 2.05) is 11.8 Å². The molecule has 0 aromatic heterocycles. The van der Waals surface area contributed by atoms with Crippen LogP contribution in [0.1, 0.15) is 35.1 Å². The lowest BCUT2D eigenvalue weighted by Gasteiger charge is -2.33. The van der Waals surface area contributed by atoms with E-state index in [0.717, 1.165) is 0 Å². The maximum atomic E-state index is 3.51. The van der Waals surface area contributed by atoms with Gasteiger partial charge in [-0.3, -0.25) is 0 Å². The third-order valence-electron chi connectivity index (χ3n) is 4.34. The lowest BCUT2D eigenvalue weighted by molar-refractivity contribution is 0.448. The lowest BCUT2D eigenvalue weighted by atomic mass is 9.74. The second-order valence-corrected chi connectivity index (χ2v) is 6.27. The Kier molecular flexibility index (Phi) is 4.13. The first-order valence-electron chi connectivity index (χ1n) is 7.21. The summed E-state index contributed by atoms with van der Waals surface area (Å²) in [6.07, 6.45) is 4.57. The second-order valence-electron chi connectivity index (χ2n) is 5.42. The molecule has 0 fully saturated rings. The van der Waals surface area contributed by atoms with E-state index in [1.165, 1.54) is 28.9 Å². The van der Waals surface area contributed by atoms with Crippen LogP contribution in [0.4, 0.5) is 0 Å². The van der Waals surface area contributed by atoms with Gasteiger partial charge in [0.2, 0.25) is 0 Å². The summed E-state index contributed by atoms with van der Waals surface area (Å²) in [5, 5.41) is 3.51. The molecule has 3 rings (SSSR count). The van der Waals surface area contributed by atoms with Gasteiger partial charge in [0.05, 0.1) is 0 Å². The molecule has 0 saturated carbocycles. The number of fused-ring (bicyclic) bond motifs is 1. The van der Waals surface area contributed by atoms with Crippen molar-refractivity contribution in [3.05, 3.63) is 65.2 Å². The van der Waals surface area contributed by atoms with Crippen LogP contribution in [0, 0.1) is 0 Å². The zero-order valence-corrected chi connectivity index (χ0v) is 12.9. The van der Waals surface area contributed by atoms with Gasteiger partial charge in [-0.15, -0.1) is 11.8 Å². The van der Waals surface area contributed by atoms with E-state index < -0.39 is 0 Å². The van der Waals surface area contributed by atoms with Crippen LogP contribution < -0.4 is 5.32 Å². The van der Waals surface area contributed by atoms with Crippen LogP contribution in [0.5, 0.6) is 0 Å². The highest BCUT2D eigenvalue weighted by Crippen LogP contribution is 2.41. The number of thioether (sulfide) groups is 1. The van der Waals surface area contributed by atoms with E-state index in [2.05, 4.69) is 67.2 Å². The monoisotopic (exact) mass is 283 g/mol. The Bertz CT molecular complexity index is 593. The van der Waals surface area contributed by atoms with Crippen molar-refractivity contribution in [1.29, 1.82) is 0 Å². The van der Waals surface area contributed by atoms with Crippen LogP contribution >= 0.6 is 11.8 Å². The van der Waals surface area contributed by atoms with Gasteiger partial charge < -0.3 is 5.32 Å². The van der Waals surface area contributed by atoms with E-state index in [1.54, 1.807) is 5.56 Å². The fraction of sp³-hybridized carbons (Fsp3) is 0.333. The molecule has 0 radical (unpaired) electrons. The maximum absolute atomic E-state index is 3.51. The highest BCUT2D eigenvalue weighted by atomic mass is 32.2. The highest BCUT2D eigenvalue weighted by Gasteiger charge is 2.28. The molecule has 0 heterocycles. The molecule has 0 amide bonds. The Morgan fingerprint density at radius 2 is 1.90 bits per heavy atom. The lowest BCUT2D eigenvalue weighted by Crippen LogP contribution is -2.25. The summed E-state index contributed by atoms with van der Waals surface area (Å²) in [6, 6.07) is 18.1. The molecule has 2 aromatic carbocycles. The van der Waals surface area contributed by atoms with Gasteiger partial charge >= 0.3 is 0 Å². The van der Waals surface area contributed by atoms with Gasteiger partial charge in [-0.1, -0.05) is 42.5 Å². The van der Waals surface area contributed by atoms with Crippen molar-refractivity contribution in [3.8, 4) is 0 Å². The molecule has 1 aliphatic rings. The van der Waals surface area contributed by atoms with Crippen molar-refractivity contribution in [2.75, 3.05) is 13.3 Å². The van der Waals surface area contributed by atoms with E-state index in [-0.39, 0.29) is 0 Å². The van der Waals surface area contributed by atoms with Gasteiger partial charge in [0.25, 0.3) is 0 Å². The molecule has 20 heavy (non-hydrogen) atoms. The molecule has 0 spiro atoms. The number of hydrogen-bond donors (Lipinski definition) is 1. The average molecular weight is 283 g/mol. The third kappa shape index (κ3) is 2.50. The molecule has 2 heteroatoms. The van der Waals surface area contributed by atoms with Crippen molar-refractivity contribution in [3.63, 3.8) is 0 Å². The SMILES string of the molecule is CNC(CC1Cc2ccccc21)c1ccccc1SC. The largest absolute Gasteiger partial charge is 0.313 e. The second kappa shape index (κ2) is 6.02. The minimum absolute atomic E-state index is 0.442. The summed E-state index contributed by atoms with van der Waals surface area (Å²) in [4.78, 5) is 1.39. The summed E-state index contributed by atoms with van der Waals surface area (Å²) >= 11 is 1.84. The highest BCUT2D eigenvalue weighted by molar-refractivity contribution is 7.98. The topological polar surface area (TPSA) is 12.0 Å². The molecule has 0 saturated heterocycles. The summed E-state index contributed by atoms with van der Waals surface area (Å²) < 4.78 is 0. The van der Waals surface area contributed by atoms with Crippen molar-refractivity contribution in [1.82, 2.24) is 5.32 Å². The molecule has 1 N–H and O–H groups in total. The van der Waals surface area contributed by atoms with Gasteiger partial charge in [0.1, 0.15) is 0 Å². The zero-order chi connectivity index (χ0) is 13.9. The Morgan fingerprint density at radius 3 is 2.65 bits per heavy atom. The first-order valence-corrected chi connectivity index (χ1v) is 8.44. The fourth-order valence-electron chi connectivity index (χ4n) is 3.21. The third-order valence-corrected chi connectivity index (χ3v) is 5.16.